The molecule has 1 unspecified atom stereocenters. The van der Waals surface area contributed by atoms with E-state index in [2.05, 4.69) is 24.1 Å². The third-order valence-corrected chi connectivity index (χ3v) is 6.41. The minimum Gasteiger partial charge on any atom is -0.313 e. The fraction of sp³-hybridized carbons (Fsp3) is 1.00. The average molecular weight is 293 g/mol. The lowest BCUT2D eigenvalue weighted by Crippen LogP contribution is -2.48. The molecule has 0 aromatic carbocycles. The van der Waals surface area contributed by atoms with Gasteiger partial charge in [0, 0.05) is 25.2 Å². The minimum atomic E-state index is 0.577. The molecule has 0 aromatic heterocycles. The van der Waals surface area contributed by atoms with Crippen molar-refractivity contribution in [2.75, 3.05) is 19.6 Å². The van der Waals surface area contributed by atoms with Crippen molar-refractivity contribution in [1.82, 2.24) is 10.2 Å². The summed E-state index contributed by atoms with van der Waals surface area (Å²) in [5, 5.41) is 3.88. The summed E-state index contributed by atoms with van der Waals surface area (Å²) in [6.07, 6.45) is 14.4. The topological polar surface area (TPSA) is 15.3 Å². The van der Waals surface area contributed by atoms with Crippen molar-refractivity contribution in [1.29, 1.82) is 0 Å². The first-order chi connectivity index (χ1) is 10.2. The highest BCUT2D eigenvalue weighted by molar-refractivity contribution is 4.93. The third kappa shape index (κ3) is 4.45. The predicted molar refractivity (Wildman–Crippen MR) is 90.6 cm³/mol. The van der Waals surface area contributed by atoms with Gasteiger partial charge in [0.05, 0.1) is 0 Å². The molecule has 0 spiro atoms. The molecule has 0 bridgehead atoms. The van der Waals surface area contributed by atoms with Gasteiger partial charge in [-0.1, -0.05) is 32.6 Å². The van der Waals surface area contributed by atoms with Gasteiger partial charge >= 0.3 is 0 Å². The lowest BCUT2D eigenvalue weighted by Gasteiger charge is -2.44. The first-order valence-corrected chi connectivity index (χ1v) is 9.64. The molecule has 122 valence electrons. The van der Waals surface area contributed by atoms with E-state index < -0.39 is 0 Å². The molecule has 0 aromatic rings. The number of rotatable bonds is 5. The van der Waals surface area contributed by atoms with Crippen LogP contribution in [0, 0.1) is 11.3 Å². The van der Waals surface area contributed by atoms with Crippen LogP contribution in [0.5, 0.6) is 0 Å². The summed E-state index contributed by atoms with van der Waals surface area (Å²) in [7, 11) is 0. The highest BCUT2D eigenvalue weighted by Gasteiger charge is 2.38. The number of hydrogen-bond acceptors (Lipinski definition) is 2. The molecule has 0 amide bonds. The van der Waals surface area contributed by atoms with Gasteiger partial charge in [-0.15, -0.1) is 0 Å². The molecule has 3 rings (SSSR count). The molecular weight excluding hydrogens is 256 g/mol. The molecule has 2 aliphatic carbocycles. The van der Waals surface area contributed by atoms with Gasteiger partial charge in [0.2, 0.25) is 0 Å². The number of nitrogens with zero attached hydrogens (tertiary/aromatic N) is 1. The second kappa shape index (κ2) is 7.00. The van der Waals surface area contributed by atoms with E-state index in [0.29, 0.717) is 5.41 Å². The van der Waals surface area contributed by atoms with Gasteiger partial charge in [0.1, 0.15) is 0 Å². The van der Waals surface area contributed by atoms with E-state index in [1.54, 1.807) is 0 Å². The summed E-state index contributed by atoms with van der Waals surface area (Å²) in [5.74, 6) is 0.959. The zero-order valence-corrected chi connectivity index (χ0v) is 14.4. The zero-order valence-electron chi connectivity index (χ0n) is 14.4. The Bertz CT molecular complexity index is 316. The summed E-state index contributed by atoms with van der Waals surface area (Å²) in [6, 6.07) is 1.67. The molecule has 3 fully saturated rings. The molecule has 21 heavy (non-hydrogen) atoms. The fourth-order valence-electron chi connectivity index (χ4n) is 4.41. The zero-order chi connectivity index (χ0) is 14.7. The number of nitrogens with one attached hydrogen (secondary N) is 1. The van der Waals surface area contributed by atoms with Gasteiger partial charge in [-0.25, -0.2) is 0 Å². The molecule has 2 nitrogen and oxygen atoms in total. The van der Waals surface area contributed by atoms with Crippen LogP contribution >= 0.6 is 0 Å². The van der Waals surface area contributed by atoms with Crippen molar-refractivity contribution in [3.8, 4) is 0 Å². The summed E-state index contributed by atoms with van der Waals surface area (Å²) >= 11 is 0. The van der Waals surface area contributed by atoms with Gasteiger partial charge in [-0.3, -0.25) is 0 Å². The van der Waals surface area contributed by atoms with Gasteiger partial charge in [-0.2, -0.15) is 0 Å². The molecule has 2 heteroatoms. The molecule has 1 heterocycles. The van der Waals surface area contributed by atoms with Crippen LogP contribution in [-0.2, 0) is 0 Å². The monoisotopic (exact) mass is 292 g/mol. The van der Waals surface area contributed by atoms with Crippen LogP contribution in [0.25, 0.3) is 0 Å². The first-order valence-electron chi connectivity index (χ1n) is 9.64. The Morgan fingerprint density at radius 3 is 2.43 bits per heavy atom. The summed E-state index contributed by atoms with van der Waals surface area (Å²) in [5.41, 5.74) is 0.577. The van der Waals surface area contributed by atoms with Gasteiger partial charge in [-0.05, 0) is 63.3 Å². The lowest BCUT2D eigenvalue weighted by atomic mass is 9.70. The molecule has 0 radical (unpaired) electrons. The van der Waals surface area contributed by atoms with Crippen LogP contribution in [0.1, 0.15) is 78.1 Å². The Morgan fingerprint density at radius 1 is 0.952 bits per heavy atom. The van der Waals surface area contributed by atoms with Crippen molar-refractivity contribution in [3.63, 3.8) is 0 Å². The maximum Gasteiger partial charge on any atom is 0.00684 e. The van der Waals surface area contributed by atoms with Gasteiger partial charge in [0.15, 0.2) is 0 Å². The highest BCUT2D eigenvalue weighted by atomic mass is 15.2. The Morgan fingerprint density at radius 2 is 1.71 bits per heavy atom. The Kier molecular flexibility index (Phi) is 5.27. The van der Waals surface area contributed by atoms with Crippen LogP contribution < -0.4 is 5.32 Å². The first kappa shape index (κ1) is 15.8. The van der Waals surface area contributed by atoms with Crippen LogP contribution in [0.15, 0.2) is 0 Å². The number of likely N-dealkylation sites (tertiary alicyclic amines) is 1. The van der Waals surface area contributed by atoms with E-state index in [0.717, 1.165) is 18.0 Å². The van der Waals surface area contributed by atoms with Crippen LogP contribution in [0.4, 0.5) is 0 Å². The maximum absolute atomic E-state index is 3.88. The maximum atomic E-state index is 3.88. The van der Waals surface area contributed by atoms with Crippen molar-refractivity contribution < 1.29 is 0 Å². The van der Waals surface area contributed by atoms with Crippen LogP contribution in [0.2, 0.25) is 0 Å². The Balaban J connectivity index is 1.62. The summed E-state index contributed by atoms with van der Waals surface area (Å²) in [4.78, 5) is 2.84. The second-order valence-corrected chi connectivity index (χ2v) is 8.51. The van der Waals surface area contributed by atoms with Crippen molar-refractivity contribution in [3.05, 3.63) is 0 Å². The highest BCUT2D eigenvalue weighted by Crippen LogP contribution is 2.40. The molecule has 1 N–H and O–H groups in total. The normalized spacial score (nSPS) is 39.1. The van der Waals surface area contributed by atoms with Crippen molar-refractivity contribution in [2.45, 2.75) is 90.1 Å². The largest absolute Gasteiger partial charge is 0.313 e. The molecule has 1 saturated heterocycles. The molecule has 3 aliphatic rings. The second-order valence-electron chi connectivity index (χ2n) is 8.51. The Labute approximate surface area is 132 Å². The SMILES string of the molecule is CC1CCC(CNC2CC2)(CN2CCCCCC2C)CC1. The predicted octanol–water partition coefficient (Wildman–Crippen LogP) is 4.20. The molecule has 1 atom stereocenters. The van der Waals surface area contributed by atoms with E-state index in [-0.39, 0.29) is 0 Å². The van der Waals surface area contributed by atoms with E-state index in [9.17, 15) is 0 Å². The lowest BCUT2D eigenvalue weighted by molar-refractivity contribution is 0.0678. The minimum absolute atomic E-state index is 0.577. The standard InChI is InChI=1S/C19H36N2/c1-16-9-11-19(12-10-16,14-20-18-7-8-18)15-21-13-5-3-4-6-17(21)2/h16-18,20H,3-15H2,1-2H3. The summed E-state index contributed by atoms with van der Waals surface area (Å²) < 4.78 is 0. The third-order valence-electron chi connectivity index (χ3n) is 6.41. The van der Waals surface area contributed by atoms with E-state index in [1.165, 1.54) is 83.8 Å². The number of hydrogen-bond donors (Lipinski definition) is 1. The summed E-state index contributed by atoms with van der Waals surface area (Å²) in [6.45, 7) is 8.92. The van der Waals surface area contributed by atoms with Crippen LogP contribution in [0.3, 0.4) is 0 Å². The van der Waals surface area contributed by atoms with E-state index in [1.807, 2.05) is 0 Å². The van der Waals surface area contributed by atoms with Gasteiger partial charge < -0.3 is 10.2 Å². The van der Waals surface area contributed by atoms with Gasteiger partial charge in [0.25, 0.3) is 0 Å². The average Bonchev–Trinajstić information content (AvgIpc) is 3.31. The van der Waals surface area contributed by atoms with E-state index in [4.69, 9.17) is 0 Å². The van der Waals surface area contributed by atoms with Crippen LogP contribution in [-0.4, -0.2) is 36.6 Å². The Hall–Kier alpha value is -0.0800. The molecule has 2 saturated carbocycles. The fourth-order valence-corrected chi connectivity index (χ4v) is 4.41. The molecule has 1 aliphatic heterocycles. The molecular formula is C19H36N2. The smallest absolute Gasteiger partial charge is 0.00684 e. The van der Waals surface area contributed by atoms with Crippen molar-refractivity contribution in [2.24, 2.45) is 11.3 Å². The quantitative estimate of drug-likeness (QED) is 0.817. The van der Waals surface area contributed by atoms with Crippen molar-refractivity contribution >= 4 is 0 Å². The van der Waals surface area contributed by atoms with E-state index >= 15 is 0 Å².